The lowest BCUT2D eigenvalue weighted by molar-refractivity contribution is -0.177. The number of nitrogens with two attached hydrogens (primary N) is 1. The Morgan fingerprint density at radius 1 is 0.871 bits per heavy atom. The number of nitrogens with zero attached hydrogens (tertiary/aromatic N) is 3. The molecule has 1 fully saturated rings. The van der Waals surface area contributed by atoms with Gasteiger partial charge in [0.1, 0.15) is 25.1 Å². The number of amides is 4. The molecule has 0 aromatic heterocycles. The minimum absolute atomic E-state index is 0.0132. The van der Waals surface area contributed by atoms with Crippen LogP contribution >= 0.6 is 8.00 Å². The van der Waals surface area contributed by atoms with Crippen molar-refractivity contribution < 1.29 is 33.3 Å². The number of hydrogen-bond acceptors (Lipinski definition) is 10. The van der Waals surface area contributed by atoms with E-state index in [4.69, 9.17) is 15.0 Å². The Labute approximate surface area is 365 Å². The number of piperidine rings is 1. The van der Waals surface area contributed by atoms with Crippen molar-refractivity contribution >= 4 is 54.1 Å². The summed E-state index contributed by atoms with van der Waals surface area (Å²) in [6.45, 7) is 8.17. The zero-order chi connectivity index (χ0) is 44.0. The second-order valence-corrected chi connectivity index (χ2v) is 17.4. The molecule has 4 aromatic rings. The largest absolute Gasteiger partial charge is 0.603 e. The Kier molecular flexibility index (Phi) is 16.6. The summed E-state index contributed by atoms with van der Waals surface area (Å²) in [5, 5.41) is 10.6. The fourth-order valence-corrected chi connectivity index (χ4v) is 8.39. The molecular formula is C47H58N7O7P. The van der Waals surface area contributed by atoms with Crippen LogP contribution in [0, 0.1) is 5.92 Å². The second kappa shape index (κ2) is 22.5. The summed E-state index contributed by atoms with van der Waals surface area (Å²) >= 11 is 0. The van der Waals surface area contributed by atoms with Crippen molar-refractivity contribution in [1.29, 1.82) is 0 Å². The maximum Gasteiger partial charge on any atom is 0.408 e. The Morgan fingerprint density at radius 3 is 2.23 bits per heavy atom. The summed E-state index contributed by atoms with van der Waals surface area (Å²) in [6.07, 6.45) is 1.54. The van der Waals surface area contributed by atoms with Crippen LogP contribution in [0.25, 0.3) is 10.8 Å². The lowest BCUT2D eigenvalue weighted by Crippen LogP contribution is -2.51. The smallest absolute Gasteiger partial charge is 0.408 e. The number of anilines is 1. The summed E-state index contributed by atoms with van der Waals surface area (Å²) in [7, 11) is -2.47. The van der Waals surface area contributed by atoms with E-state index in [-0.39, 0.29) is 49.9 Å². The third-order valence-electron chi connectivity index (χ3n) is 10.8. The zero-order valence-electron chi connectivity index (χ0n) is 35.7. The van der Waals surface area contributed by atoms with E-state index in [0.29, 0.717) is 12.1 Å². The molecule has 2 aliphatic heterocycles. The summed E-state index contributed by atoms with van der Waals surface area (Å²) < 4.78 is 11.4. The molecule has 5 N–H and O–H groups in total. The molecule has 0 radical (unpaired) electrons. The normalized spacial score (nSPS) is 16.4. The molecule has 328 valence electrons. The minimum atomic E-state index is -2.47. The molecule has 2 aliphatic rings. The second-order valence-electron chi connectivity index (χ2n) is 16.3. The number of nitrogens with one attached hydrogen (secondary N) is 3. The molecule has 62 heavy (non-hydrogen) atoms. The minimum Gasteiger partial charge on any atom is -0.603 e. The Balaban J connectivity index is 1.14. The van der Waals surface area contributed by atoms with Crippen LogP contribution in [-0.4, -0.2) is 83.5 Å². The summed E-state index contributed by atoms with van der Waals surface area (Å²) in [5.41, 5.74) is 9.41. The number of benzene rings is 4. The number of ether oxygens (including phenoxy) is 1. The molecule has 0 aliphatic carbocycles. The Hall–Kier alpha value is -5.63. The molecule has 0 bridgehead atoms. The van der Waals surface area contributed by atoms with Gasteiger partial charge in [-0.15, -0.1) is 0 Å². The van der Waals surface area contributed by atoms with E-state index in [1.807, 2.05) is 110 Å². The number of fused-ring (bicyclic) bond motifs is 1. The molecule has 0 saturated carbocycles. The van der Waals surface area contributed by atoms with Gasteiger partial charge in [0.05, 0.1) is 18.2 Å². The van der Waals surface area contributed by atoms with Gasteiger partial charge in [-0.1, -0.05) is 111 Å². The van der Waals surface area contributed by atoms with Crippen molar-refractivity contribution in [3.63, 3.8) is 0 Å². The molecule has 6 rings (SSSR count). The van der Waals surface area contributed by atoms with Crippen molar-refractivity contribution in [2.75, 3.05) is 24.7 Å². The fraction of sp³-hybridized carbons (Fsp3) is 0.383. The van der Waals surface area contributed by atoms with Crippen LogP contribution in [-0.2, 0) is 36.8 Å². The first kappa shape index (κ1) is 45.9. The van der Waals surface area contributed by atoms with Crippen LogP contribution in [0.15, 0.2) is 115 Å². The number of hydrogen-bond donors (Lipinski definition) is 4. The van der Waals surface area contributed by atoms with E-state index >= 15 is 0 Å². The molecule has 2 heterocycles. The van der Waals surface area contributed by atoms with E-state index < -0.39 is 38.3 Å². The van der Waals surface area contributed by atoms with E-state index in [1.165, 1.54) is 16.3 Å². The molecule has 1 saturated heterocycles. The van der Waals surface area contributed by atoms with Crippen LogP contribution in [0.1, 0.15) is 64.0 Å². The molecule has 4 atom stereocenters. The van der Waals surface area contributed by atoms with Crippen LogP contribution in [0.2, 0.25) is 0 Å². The van der Waals surface area contributed by atoms with E-state index in [2.05, 4.69) is 33.0 Å². The lowest BCUT2D eigenvalue weighted by atomic mass is 10.0. The highest BCUT2D eigenvalue weighted by molar-refractivity contribution is 7.44. The standard InChI is InChI=1S/C47H58N7O7P/c1-33(2)27-44(61-62(59)26-23-43(55)49-38-21-24-52(25-22-38)29-35-13-6-4-7-14-35)51-45(56)41(50-47(58)60-31-36-15-8-5-9-16-36)28-39-30-53(46(57)34(3)48)32-54(39)42-20-12-18-37-17-10-11-19-40(37)42/h4-20,26,30,33-34,38,41,44H,21-25,27-29,31-32,48H2,1-3H3,(H,49,55)(H,50,58)(H,51,56)/t34-,41?,44?/m0/s1. The molecular weight excluding hydrogens is 806 g/mol. The average molecular weight is 864 g/mol. The Morgan fingerprint density at radius 2 is 1.53 bits per heavy atom. The first-order valence-corrected chi connectivity index (χ1v) is 22.5. The van der Waals surface area contributed by atoms with Crippen molar-refractivity contribution in [2.24, 2.45) is 11.7 Å². The maximum atomic E-state index is 14.3. The van der Waals surface area contributed by atoms with Crippen LogP contribution < -0.4 is 31.5 Å². The fourth-order valence-electron chi connectivity index (χ4n) is 7.60. The van der Waals surface area contributed by atoms with Gasteiger partial charge in [-0.3, -0.25) is 24.2 Å². The summed E-state index contributed by atoms with van der Waals surface area (Å²) in [5.74, 6) is 0.144. The van der Waals surface area contributed by atoms with Gasteiger partial charge in [-0.05, 0) is 54.7 Å². The number of carbonyl (C=O) groups excluding carboxylic acids is 4. The van der Waals surface area contributed by atoms with E-state index in [0.717, 1.165) is 54.5 Å². The van der Waals surface area contributed by atoms with Gasteiger partial charge in [-0.25, -0.2) is 4.79 Å². The Bertz CT molecular complexity index is 2190. The van der Waals surface area contributed by atoms with Crippen molar-refractivity contribution in [1.82, 2.24) is 25.8 Å². The first-order valence-electron chi connectivity index (χ1n) is 21.2. The van der Waals surface area contributed by atoms with Crippen molar-refractivity contribution in [3.05, 3.63) is 126 Å². The number of carbonyl (C=O) groups is 4. The molecule has 14 nitrogen and oxygen atoms in total. The van der Waals surface area contributed by atoms with Gasteiger partial charge in [0.2, 0.25) is 25.7 Å². The summed E-state index contributed by atoms with van der Waals surface area (Å²) in [6, 6.07) is 31.1. The zero-order valence-corrected chi connectivity index (χ0v) is 36.5. The molecule has 4 amide bonds. The third kappa shape index (κ3) is 13.4. The number of alkyl carbamates (subject to hydrolysis) is 1. The summed E-state index contributed by atoms with van der Waals surface area (Å²) in [4.78, 5) is 73.0. The van der Waals surface area contributed by atoms with Gasteiger partial charge in [0.25, 0.3) is 0 Å². The van der Waals surface area contributed by atoms with Crippen LogP contribution in [0.4, 0.5) is 10.5 Å². The topological polar surface area (TPSA) is 182 Å². The first-order chi connectivity index (χ1) is 29.9. The molecule has 15 heteroatoms. The van der Waals surface area contributed by atoms with Crippen molar-refractivity contribution in [2.45, 2.75) is 90.4 Å². The number of likely N-dealkylation sites (tertiary alicyclic amines) is 1. The predicted molar refractivity (Wildman–Crippen MR) is 241 cm³/mol. The molecule has 3 unspecified atom stereocenters. The molecule has 4 aromatic carbocycles. The monoisotopic (exact) mass is 863 g/mol. The molecule has 0 spiro atoms. The highest BCUT2D eigenvalue weighted by Crippen LogP contribution is 2.34. The van der Waals surface area contributed by atoms with E-state index in [1.54, 1.807) is 13.1 Å². The van der Waals surface area contributed by atoms with Crippen LogP contribution in [0.3, 0.4) is 0 Å². The SMILES string of the molecule is CC(C)CC(NC(=O)C(CC1=CN(C(=O)[C@H](C)N)CN1c1cccc2ccccc12)NC(=O)OCc1ccccc1)O[P+]([O-])=CCC(=O)NC1CCN(Cc2ccccc2)CC1. The predicted octanol–water partition coefficient (Wildman–Crippen LogP) is 5.47. The number of rotatable bonds is 18. The van der Waals surface area contributed by atoms with Gasteiger partial charge in [0, 0.05) is 49.4 Å². The highest BCUT2D eigenvalue weighted by atomic mass is 31.1. The third-order valence-corrected chi connectivity index (χ3v) is 11.7. The maximum absolute atomic E-state index is 14.3. The van der Waals surface area contributed by atoms with E-state index in [9.17, 15) is 24.1 Å². The van der Waals surface area contributed by atoms with Gasteiger partial charge in [-0.2, -0.15) is 4.52 Å². The van der Waals surface area contributed by atoms with Crippen LogP contribution in [0.5, 0.6) is 0 Å². The van der Waals surface area contributed by atoms with Gasteiger partial charge >= 0.3 is 6.09 Å². The van der Waals surface area contributed by atoms with Crippen molar-refractivity contribution in [3.8, 4) is 0 Å². The van der Waals surface area contributed by atoms with Gasteiger partial charge in [0.15, 0.2) is 6.23 Å². The lowest BCUT2D eigenvalue weighted by Gasteiger charge is -2.32. The highest BCUT2D eigenvalue weighted by Gasteiger charge is 2.34. The quantitative estimate of drug-likeness (QED) is 0.0740. The van der Waals surface area contributed by atoms with Gasteiger partial charge < -0.3 is 36.2 Å². The average Bonchev–Trinajstić information content (AvgIpc) is 3.68.